The standard InChI is InChI=1S/C19H14N2O4/c22-18(15-12-20-11-13-5-1-2-6-14(13)15)24-10-9-21-16-7-3-4-8-17(16)25-19(21)23/h1-8,11-12H,9-10H2. The van der Waals surface area contributed by atoms with E-state index in [2.05, 4.69) is 4.98 Å². The number of aromatic nitrogens is 2. The van der Waals surface area contributed by atoms with Gasteiger partial charge in [-0.2, -0.15) is 0 Å². The van der Waals surface area contributed by atoms with Crippen molar-refractivity contribution < 1.29 is 13.9 Å². The minimum atomic E-state index is -0.468. The second kappa shape index (κ2) is 6.24. The third kappa shape index (κ3) is 2.78. The van der Waals surface area contributed by atoms with Gasteiger partial charge in [0, 0.05) is 17.8 Å². The molecule has 0 radical (unpaired) electrons. The second-order valence-corrected chi connectivity index (χ2v) is 5.53. The maximum atomic E-state index is 12.4. The molecule has 2 aromatic heterocycles. The highest BCUT2D eigenvalue weighted by molar-refractivity contribution is 6.03. The molecule has 0 unspecified atom stereocenters. The number of para-hydroxylation sites is 2. The van der Waals surface area contributed by atoms with E-state index in [0.29, 0.717) is 16.7 Å². The summed E-state index contributed by atoms with van der Waals surface area (Å²) >= 11 is 0. The number of hydrogen-bond acceptors (Lipinski definition) is 5. The highest BCUT2D eigenvalue weighted by Crippen LogP contribution is 2.18. The van der Waals surface area contributed by atoms with Gasteiger partial charge in [-0.15, -0.1) is 0 Å². The lowest BCUT2D eigenvalue weighted by atomic mass is 10.1. The lowest BCUT2D eigenvalue weighted by Gasteiger charge is -2.07. The van der Waals surface area contributed by atoms with Crippen molar-refractivity contribution in [3.63, 3.8) is 0 Å². The highest BCUT2D eigenvalue weighted by atomic mass is 16.5. The van der Waals surface area contributed by atoms with Crippen LogP contribution in [0.25, 0.3) is 21.9 Å². The van der Waals surface area contributed by atoms with Crippen LogP contribution in [0.1, 0.15) is 10.4 Å². The van der Waals surface area contributed by atoms with Crippen LogP contribution in [0.15, 0.2) is 70.1 Å². The van der Waals surface area contributed by atoms with E-state index in [1.807, 2.05) is 30.3 Å². The lowest BCUT2D eigenvalue weighted by molar-refractivity contribution is 0.0492. The van der Waals surface area contributed by atoms with Crippen LogP contribution in [-0.2, 0) is 11.3 Å². The minimum Gasteiger partial charge on any atom is -0.460 e. The number of rotatable bonds is 4. The summed E-state index contributed by atoms with van der Waals surface area (Å²) in [5.41, 5.74) is 1.59. The summed E-state index contributed by atoms with van der Waals surface area (Å²) in [5, 5.41) is 1.66. The number of nitrogens with zero attached hydrogens (tertiary/aromatic N) is 2. The molecule has 0 bridgehead atoms. The van der Waals surface area contributed by atoms with E-state index < -0.39 is 11.7 Å². The zero-order valence-electron chi connectivity index (χ0n) is 13.2. The molecule has 0 aliphatic rings. The summed E-state index contributed by atoms with van der Waals surface area (Å²) in [6, 6.07) is 14.6. The number of esters is 1. The fourth-order valence-corrected chi connectivity index (χ4v) is 2.81. The summed E-state index contributed by atoms with van der Waals surface area (Å²) in [4.78, 5) is 28.3. The molecule has 0 amide bonds. The molecular weight excluding hydrogens is 320 g/mol. The average Bonchev–Trinajstić information content (AvgIpc) is 2.96. The molecule has 0 fully saturated rings. The van der Waals surface area contributed by atoms with E-state index in [1.165, 1.54) is 10.8 Å². The van der Waals surface area contributed by atoms with Gasteiger partial charge >= 0.3 is 11.7 Å². The Morgan fingerprint density at radius 1 is 1.08 bits per heavy atom. The van der Waals surface area contributed by atoms with Gasteiger partial charge in [0.25, 0.3) is 0 Å². The molecule has 0 atom stereocenters. The van der Waals surface area contributed by atoms with Crippen LogP contribution in [0.4, 0.5) is 0 Å². The first-order chi connectivity index (χ1) is 12.2. The minimum absolute atomic E-state index is 0.0610. The van der Waals surface area contributed by atoms with Crippen molar-refractivity contribution in [2.45, 2.75) is 6.54 Å². The summed E-state index contributed by atoms with van der Waals surface area (Å²) in [6.45, 7) is 0.283. The van der Waals surface area contributed by atoms with E-state index in [1.54, 1.807) is 24.4 Å². The van der Waals surface area contributed by atoms with Crippen LogP contribution in [0.2, 0.25) is 0 Å². The number of ether oxygens (including phenoxy) is 1. The predicted molar refractivity (Wildman–Crippen MR) is 92.5 cm³/mol. The third-order valence-corrected chi connectivity index (χ3v) is 4.01. The molecule has 0 aliphatic heterocycles. The molecule has 2 aromatic carbocycles. The molecule has 0 saturated carbocycles. The predicted octanol–water partition coefficient (Wildman–Crippen LogP) is 3.00. The molecule has 4 aromatic rings. The maximum absolute atomic E-state index is 12.4. The Bertz CT molecular complexity index is 1120. The molecule has 0 saturated heterocycles. The first kappa shape index (κ1) is 15.1. The van der Waals surface area contributed by atoms with E-state index in [0.717, 1.165) is 10.8 Å². The van der Waals surface area contributed by atoms with E-state index in [-0.39, 0.29) is 13.2 Å². The highest BCUT2D eigenvalue weighted by Gasteiger charge is 2.13. The van der Waals surface area contributed by atoms with Crippen molar-refractivity contribution in [3.8, 4) is 0 Å². The number of oxazole rings is 1. The number of hydrogen-bond donors (Lipinski definition) is 0. The summed E-state index contributed by atoms with van der Waals surface area (Å²) in [7, 11) is 0. The van der Waals surface area contributed by atoms with E-state index in [9.17, 15) is 9.59 Å². The smallest absolute Gasteiger partial charge is 0.420 e. The van der Waals surface area contributed by atoms with Crippen LogP contribution < -0.4 is 5.76 Å². The van der Waals surface area contributed by atoms with Crippen LogP contribution in [0, 0.1) is 0 Å². The van der Waals surface area contributed by atoms with Gasteiger partial charge in [-0.3, -0.25) is 9.55 Å². The van der Waals surface area contributed by atoms with E-state index in [4.69, 9.17) is 9.15 Å². The van der Waals surface area contributed by atoms with Crippen molar-refractivity contribution in [2.75, 3.05) is 6.61 Å². The Hall–Kier alpha value is -3.41. The van der Waals surface area contributed by atoms with Gasteiger partial charge in [0.1, 0.15) is 6.61 Å². The van der Waals surface area contributed by atoms with Crippen molar-refractivity contribution in [2.24, 2.45) is 0 Å². The monoisotopic (exact) mass is 334 g/mol. The van der Waals surface area contributed by atoms with Crippen LogP contribution in [-0.4, -0.2) is 22.1 Å². The topological polar surface area (TPSA) is 74.3 Å². The summed E-state index contributed by atoms with van der Waals surface area (Å²) in [5.74, 6) is -0.936. The molecule has 25 heavy (non-hydrogen) atoms. The number of benzene rings is 2. The average molecular weight is 334 g/mol. The van der Waals surface area contributed by atoms with Gasteiger partial charge in [-0.1, -0.05) is 36.4 Å². The molecule has 0 N–H and O–H groups in total. The molecular formula is C19H14N2O4. The third-order valence-electron chi connectivity index (χ3n) is 4.01. The quantitative estimate of drug-likeness (QED) is 0.536. The molecule has 124 valence electrons. The molecule has 0 spiro atoms. The second-order valence-electron chi connectivity index (χ2n) is 5.53. The normalized spacial score (nSPS) is 11.0. The maximum Gasteiger partial charge on any atom is 0.420 e. The summed E-state index contributed by atoms with van der Waals surface area (Å²) in [6.07, 6.45) is 3.19. The zero-order chi connectivity index (χ0) is 17.2. The van der Waals surface area contributed by atoms with Gasteiger partial charge < -0.3 is 9.15 Å². The lowest BCUT2D eigenvalue weighted by Crippen LogP contribution is -2.19. The first-order valence-corrected chi connectivity index (χ1v) is 7.82. The van der Waals surface area contributed by atoms with Gasteiger partial charge in [0.2, 0.25) is 0 Å². The van der Waals surface area contributed by atoms with Gasteiger partial charge in [-0.25, -0.2) is 9.59 Å². The number of fused-ring (bicyclic) bond motifs is 2. The Balaban J connectivity index is 1.52. The van der Waals surface area contributed by atoms with Gasteiger partial charge in [-0.05, 0) is 17.5 Å². The van der Waals surface area contributed by atoms with Crippen molar-refractivity contribution >= 4 is 27.8 Å². The molecule has 2 heterocycles. The molecule has 6 heteroatoms. The van der Waals surface area contributed by atoms with Gasteiger partial charge in [0.05, 0.1) is 17.6 Å². The van der Waals surface area contributed by atoms with Crippen LogP contribution >= 0.6 is 0 Å². The summed E-state index contributed by atoms with van der Waals surface area (Å²) < 4.78 is 11.9. The van der Waals surface area contributed by atoms with Crippen molar-refractivity contribution in [1.82, 2.24) is 9.55 Å². The van der Waals surface area contributed by atoms with E-state index >= 15 is 0 Å². The van der Waals surface area contributed by atoms with Gasteiger partial charge in [0.15, 0.2) is 5.58 Å². The number of pyridine rings is 1. The van der Waals surface area contributed by atoms with Crippen LogP contribution in [0.5, 0.6) is 0 Å². The Morgan fingerprint density at radius 2 is 1.88 bits per heavy atom. The largest absolute Gasteiger partial charge is 0.460 e. The van der Waals surface area contributed by atoms with Crippen LogP contribution in [0.3, 0.4) is 0 Å². The van der Waals surface area contributed by atoms with Crippen molar-refractivity contribution in [3.05, 3.63) is 77.0 Å². The Morgan fingerprint density at radius 3 is 2.80 bits per heavy atom. The molecule has 4 rings (SSSR count). The molecule has 0 aliphatic carbocycles. The number of carbonyl (C=O) groups is 1. The molecule has 6 nitrogen and oxygen atoms in total. The Labute approximate surface area is 142 Å². The number of carbonyl (C=O) groups excluding carboxylic acids is 1. The van der Waals surface area contributed by atoms with Crippen molar-refractivity contribution in [1.29, 1.82) is 0 Å². The fraction of sp³-hybridized carbons (Fsp3) is 0.105. The SMILES string of the molecule is O=C(OCCn1c(=O)oc2ccccc21)c1cncc2ccccc12. The zero-order valence-corrected chi connectivity index (χ0v) is 13.2. The fourth-order valence-electron chi connectivity index (χ4n) is 2.81. The Kier molecular flexibility index (Phi) is 3.78. The first-order valence-electron chi connectivity index (χ1n) is 7.82.